The quantitative estimate of drug-likeness (QED) is 0.175. The molecule has 0 saturated heterocycles. The van der Waals surface area contributed by atoms with E-state index in [0.29, 0.717) is 17.5 Å². The highest BCUT2D eigenvalue weighted by molar-refractivity contribution is 7.26. The molecule has 0 radical (unpaired) electrons. The van der Waals surface area contributed by atoms with Crippen molar-refractivity contribution in [2.45, 2.75) is 0 Å². The smallest absolute Gasteiger partial charge is 0.165 e. The zero-order valence-electron chi connectivity index (χ0n) is 30.4. The summed E-state index contributed by atoms with van der Waals surface area (Å²) in [7, 11) is 0. The van der Waals surface area contributed by atoms with E-state index in [1.54, 1.807) is 11.3 Å². The minimum Gasteiger partial charge on any atom is -0.309 e. The minimum atomic E-state index is 0.666. The Labute approximate surface area is 335 Å². The lowest BCUT2D eigenvalue weighted by Gasteiger charge is -2.09. The third-order valence-electron chi connectivity index (χ3n) is 11.1. The number of nitrogens with zero attached hydrogens (tertiary/aromatic N) is 4. The Kier molecular flexibility index (Phi) is 7.24. The summed E-state index contributed by atoms with van der Waals surface area (Å²) in [6, 6.07) is 65.0. The van der Waals surface area contributed by atoms with E-state index in [1.165, 1.54) is 79.0 Å². The van der Waals surface area contributed by atoms with Crippen LogP contribution >= 0.6 is 22.7 Å². The summed E-state index contributed by atoms with van der Waals surface area (Å²) < 4.78 is 7.39. The topological polar surface area (TPSA) is 43.6 Å². The van der Waals surface area contributed by atoms with Gasteiger partial charge in [0, 0.05) is 73.5 Å². The maximum absolute atomic E-state index is 5.06. The first-order valence-electron chi connectivity index (χ1n) is 19.0. The average molecular weight is 763 g/mol. The Morgan fingerprint density at radius 2 is 0.895 bits per heavy atom. The predicted molar refractivity (Wildman–Crippen MR) is 242 cm³/mol. The Balaban J connectivity index is 0.954. The van der Waals surface area contributed by atoms with Crippen LogP contribution in [0, 0.1) is 0 Å². The van der Waals surface area contributed by atoms with Crippen molar-refractivity contribution in [1.82, 2.24) is 19.5 Å². The Hall–Kier alpha value is -6.99. The van der Waals surface area contributed by atoms with Crippen LogP contribution in [0.4, 0.5) is 0 Å². The molecular weight excluding hydrogens is 733 g/mol. The van der Waals surface area contributed by atoms with Crippen LogP contribution in [0.5, 0.6) is 0 Å². The summed E-state index contributed by atoms with van der Waals surface area (Å²) >= 11 is 3.67. The lowest BCUT2D eigenvalue weighted by atomic mass is 10.0. The first kappa shape index (κ1) is 32.3. The molecule has 266 valence electrons. The zero-order chi connectivity index (χ0) is 37.5. The number of thiophene rings is 2. The maximum atomic E-state index is 5.06. The summed E-state index contributed by atoms with van der Waals surface area (Å²) in [5, 5.41) is 7.59. The molecule has 4 heterocycles. The number of benzene rings is 8. The second-order valence-corrected chi connectivity index (χ2v) is 16.5. The van der Waals surface area contributed by atoms with Crippen LogP contribution in [-0.4, -0.2) is 19.5 Å². The summed E-state index contributed by atoms with van der Waals surface area (Å²) in [5.74, 6) is 2.01. The highest BCUT2D eigenvalue weighted by Gasteiger charge is 2.18. The van der Waals surface area contributed by atoms with E-state index in [4.69, 9.17) is 15.0 Å². The van der Waals surface area contributed by atoms with Gasteiger partial charge in [0.25, 0.3) is 0 Å². The van der Waals surface area contributed by atoms with Gasteiger partial charge in [-0.2, -0.15) is 0 Å². The molecule has 0 aliphatic carbocycles. The summed E-state index contributed by atoms with van der Waals surface area (Å²) in [4.78, 5) is 15.0. The fraction of sp³-hybridized carbons (Fsp3) is 0. The number of hydrogen-bond acceptors (Lipinski definition) is 5. The third kappa shape index (κ3) is 5.22. The lowest BCUT2D eigenvalue weighted by Crippen LogP contribution is -2.00. The highest BCUT2D eigenvalue weighted by Crippen LogP contribution is 2.43. The fourth-order valence-corrected chi connectivity index (χ4v) is 10.7. The molecule has 8 aromatic carbocycles. The van der Waals surface area contributed by atoms with Gasteiger partial charge in [0.1, 0.15) is 0 Å². The van der Waals surface area contributed by atoms with Crippen LogP contribution in [0.3, 0.4) is 0 Å². The van der Waals surface area contributed by atoms with E-state index in [1.807, 2.05) is 47.7 Å². The summed E-state index contributed by atoms with van der Waals surface area (Å²) in [5.41, 5.74) is 9.00. The van der Waals surface area contributed by atoms with Crippen molar-refractivity contribution < 1.29 is 0 Å². The van der Waals surface area contributed by atoms with Crippen LogP contribution in [0.1, 0.15) is 0 Å². The zero-order valence-corrected chi connectivity index (χ0v) is 32.1. The van der Waals surface area contributed by atoms with Gasteiger partial charge in [0.15, 0.2) is 17.5 Å². The van der Waals surface area contributed by atoms with Crippen molar-refractivity contribution >= 4 is 84.8 Å². The van der Waals surface area contributed by atoms with Crippen LogP contribution < -0.4 is 0 Å². The second-order valence-electron chi connectivity index (χ2n) is 14.4. The van der Waals surface area contributed by atoms with Gasteiger partial charge in [-0.25, -0.2) is 15.0 Å². The number of aromatic nitrogens is 4. The molecule has 4 aromatic heterocycles. The first-order valence-corrected chi connectivity index (χ1v) is 20.6. The molecule has 4 nitrogen and oxygen atoms in total. The molecule has 6 heteroatoms. The molecule has 0 unspecified atom stereocenters. The van der Waals surface area contributed by atoms with E-state index >= 15 is 0 Å². The molecule has 0 fully saturated rings. The molecule has 0 atom stereocenters. The molecule has 0 aliphatic heterocycles. The standard InChI is InChI=1S/C51H30N4S2/c1-3-12-31(13-4-1)49-52-50(32-14-5-2-6-15-32)54-51(53-49)41-19-11-18-40-42-28-33(23-27-45(42)57-48(40)41)34-22-25-38-39-26-24-35(30-47(39)56-46(38)29-34)55-43-20-9-7-16-36(43)37-17-8-10-21-44(37)55/h1-30H. The molecule has 0 aliphatic rings. The van der Waals surface area contributed by atoms with E-state index in [2.05, 4.69) is 150 Å². The SMILES string of the molecule is c1ccc(-c2nc(-c3ccccc3)nc(-c3cccc4c3sc3ccc(-c5ccc6c(c5)sc5cc(-n7c8ccccc8c8ccccc87)ccc56)cc34)n2)cc1. The monoisotopic (exact) mass is 762 g/mol. The van der Waals surface area contributed by atoms with Crippen LogP contribution in [0.2, 0.25) is 0 Å². The normalized spacial score (nSPS) is 11.9. The Morgan fingerprint density at radius 3 is 1.60 bits per heavy atom. The van der Waals surface area contributed by atoms with Gasteiger partial charge >= 0.3 is 0 Å². The van der Waals surface area contributed by atoms with Crippen molar-refractivity contribution in [3.8, 4) is 51.0 Å². The molecule has 0 saturated carbocycles. The number of para-hydroxylation sites is 2. The van der Waals surface area contributed by atoms with Gasteiger partial charge in [-0.1, -0.05) is 133 Å². The van der Waals surface area contributed by atoms with Gasteiger partial charge in [-0.05, 0) is 59.7 Å². The Bertz CT molecular complexity index is 3410. The molecular formula is C51H30N4S2. The van der Waals surface area contributed by atoms with Gasteiger partial charge in [0.2, 0.25) is 0 Å². The lowest BCUT2D eigenvalue weighted by molar-refractivity contribution is 1.08. The Morgan fingerprint density at radius 1 is 0.333 bits per heavy atom. The van der Waals surface area contributed by atoms with E-state index < -0.39 is 0 Å². The molecule has 57 heavy (non-hydrogen) atoms. The van der Waals surface area contributed by atoms with Gasteiger partial charge in [-0.3, -0.25) is 0 Å². The van der Waals surface area contributed by atoms with Crippen LogP contribution in [0.25, 0.3) is 113 Å². The molecule has 0 spiro atoms. The average Bonchev–Trinajstić information content (AvgIpc) is 3.95. The van der Waals surface area contributed by atoms with Gasteiger partial charge < -0.3 is 4.57 Å². The number of fused-ring (bicyclic) bond motifs is 9. The molecule has 0 N–H and O–H groups in total. The molecule has 12 rings (SSSR count). The van der Waals surface area contributed by atoms with Crippen molar-refractivity contribution in [3.05, 3.63) is 182 Å². The van der Waals surface area contributed by atoms with E-state index in [0.717, 1.165) is 16.7 Å². The van der Waals surface area contributed by atoms with Crippen molar-refractivity contribution in [2.75, 3.05) is 0 Å². The molecule has 0 amide bonds. The summed E-state index contributed by atoms with van der Waals surface area (Å²) in [6.45, 7) is 0. The molecule has 12 aromatic rings. The van der Waals surface area contributed by atoms with Gasteiger partial charge in [-0.15, -0.1) is 22.7 Å². The molecule has 0 bridgehead atoms. The third-order valence-corrected chi connectivity index (χ3v) is 13.4. The van der Waals surface area contributed by atoms with Crippen LogP contribution in [0.15, 0.2) is 182 Å². The van der Waals surface area contributed by atoms with Crippen LogP contribution in [-0.2, 0) is 0 Å². The first-order chi connectivity index (χ1) is 28.2. The van der Waals surface area contributed by atoms with Crippen molar-refractivity contribution in [3.63, 3.8) is 0 Å². The van der Waals surface area contributed by atoms with Gasteiger partial charge in [0.05, 0.1) is 11.0 Å². The van der Waals surface area contributed by atoms with Crippen molar-refractivity contribution in [1.29, 1.82) is 0 Å². The maximum Gasteiger partial charge on any atom is 0.165 e. The fourth-order valence-electron chi connectivity index (χ4n) is 8.37. The van der Waals surface area contributed by atoms with E-state index in [9.17, 15) is 0 Å². The number of rotatable bonds is 5. The minimum absolute atomic E-state index is 0.666. The second kappa shape index (κ2) is 12.8. The summed E-state index contributed by atoms with van der Waals surface area (Å²) in [6.07, 6.45) is 0. The largest absolute Gasteiger partial charge is 0.309 e. The predicted octanol–water partition coefficient (Wildman–Crippen LogP) is 14.4. The highest BCUT2D eigenvalue weighted by atomic mass is 32.1. The van der Waals surface area contributed by atoms with E-state index in [-0.39, 0.29) is 0 Å². The van der Waals surface area contributed by atoms with Crippen molar-refractivity contribution in [2.24, 2.45) is 0 Å². The number of hydrogen-bond donors (Lipinski definition) is 0.